The van der Waals surface area contributed by atoms with Crippen LogP contribution in [0.3, 0.4) is 0 Å². The lowest BCUT2D eigenvalue weighted by atomic mass is 9.74. The maximum Gasteiger partial charge on any atom is 0.209 e. The number of allylic oxidation sites excluding steroid dienone is 1. The number of carboxylic acids is 1. The highest BCUT2D eigenvalue weighted by atomic mass is 16.5. The van der Waals surface area contributed by atoms with Gasteiger partial charge in [-0.25, -0.2) is 0 Å². The third kappa shape index (κ3) is 2.70. The molecule has 7 rings (SSSR count). The number of ether oxygens (including phenoxy) is 1. The van der Waals surface area contributed by atoms with Crippen LogP contribution in [0.4, 0.5) is 11.4 Å². The summed E-state index contributed by atoms with van der Waals surface area (Å²) in [5.74, 6) is -1.04. The Kier molecular flexibility index (Phi) is 4.12. The number of carbonyl (C=O) groups is 1. The van der Waals surface area contributed by atoms with Gasteiger partial charge in [-0.2, -0.15) is 4.58 Å². The van der Waals surface area contributed by atoms with Crippen molar-refractivity contribution in [3.63, 3.8) is 0 Å². The lowest BCUT2D eigenvalue weighted by Gasteiger charge is -2.40. The number of aliphatic carboxylic acids is 1. The number of benzene rings is 2. The van der Waals surface area contributed by atoms with Gasteiger partial charge in [0.25, 0.3) is 0 Å². The fourth-order valence-corrected chi connectivity index (χ4v) is 6.92. The van der Waals surface area contributed by atoms with Crippen molar-refractivity contribution in [1.29, 1.82) is 0 Å². The average molecular weight is 453 g/mol. The topological polar surface area (TPSA) is 55.6 Å². The first-order valence-corrected chi connectivity index (χ1v) is 12.4. The van der Waals surface area contributed by atoms with E-state index in [2.05, 4.69) is 65.8 Å². The highest BCUT2D eigenvalue weighted by Gasteiger charge is 2.53. The summed E-state index contributed by atoms with van der Waals surface area (Å²) in [6, 6.07) is 14.8. The van der Waals surface area contributed by atoms with E-state index in [9.17, 15) is 9.90 Å². The molecule has 172 valence electrons. The predicted molar refractivity (Wildman–Crippen MR) is 128 cm³/mol. The molecule has 34 heavy (non-hydrogen) atoms. The second-order valence-corrected chi connectivity index (χ2v) is 10.7. The summed E-state index contributed by atoms with van der Waals surface area (Å²) in [7, 11) is 0. The van der Waals surface area contributed by atoms with Crippen molar-refractivity contribution in [2.75, 3.05) is 18.0 Å². The normalized spacial score (nSPS) is 25.7. The summed E-state index contributed by atoms with van der Waals surface area (Å²) in [6.07, 6.45) is 5.63. The Morgan fingerprint density at radius 1 is 1.18 bits per heavy atom. The van der Waals surface area contributed by atoms with Gasteiger partial charge >= 0.3 is 0 Å². The number of hydrogen-bond acceptors (Lipinski definition) is 4. The first kappa shape index (κ1) is 20.2. The van der Waals surface area contributed by atoms with Crippen LogP contribution >= 0.6 is 0 Å². The molecule has 2 atom stereocenters. The molecular weight excluding hydrogens is 424 g/mol. The first-order chi connectivity index (χ1) is 16.4. The van der Waals surface area contributed by atoms with E-state index in [0.29, 0.717) is 0 Å². The number of anilines is 1. The van der Waals surface area contributed by atoms with Crippen LogP contribution < -0.4 is 10.0 Å². The van der Waals surface area contributed by atoms with E-state index >= 15 is 0 Å². The van der Waals surface area contributed by atoms with Gasteiger partial charge in [-0.05, 0) is 49.6 Å². The van der Waals surface area contributed by atoms with Gasteiger partial charge in [0.15, 0.2) is 12.3 Å². The fraction of sp³-hybridized carbons (Fsp3) is 0.379. The number of fused-ring (bicyclic) bond motifs is 8. The van der Waals surface area contributed by atoms with Crippen LogP contribution in [0.15, 0.2) is 65.4 Å². The second-order valence-electron chi connectivity index (χ2n) is 10.7. The quantitative estimate of drug-likeness (QED) is 0.657. The fourth-order valence-electron chi connectivity index (χ4n) is 6.92. The lowest BCUT2D eigenvalue weighted by molar-refractivity contribution is -0.445. The standard InChI is InChI=1S/C29H28N2O3/c1-29(2)21-13-17(14-27(32)33)7-8-23(21)31-12-10-26-20(28(29)31)16-19-24-15-18-5-3-4-6-22(18)30(24)11-9-25(19)34-26/h3-8,13,16,25-26H,9-12,14-15H2,1-2H3. The van der Waals surface area contributed by atoms with Crippen molar-refractivity contribution in [1.82, 2.24) is 0 Å². The van der Waals surface area contributed by atoms with Crippen molar-refractivity contribution < 1.29 is 19.2 Å². The Bertz CT molecular complexity index is 1360. The summed E-state index contributed by atoms with van der Waals surface area (Å²) >= 11 is 0. The molecular formula is C29H28N2O3. The molecule has 0 amide bonds. The molecule has 0 radical (unpaired) electrons. The molecule has 0 aliphatic carbocycles. The molecule has 0 bridgehead atoms. The van der Waals surface area contributed by atoms with Crippen LogP contribution in [0.25, 0.3) is 0 Å². The Morgan fingerprint density at radius 2 is 2.03 bits per heavy atom. The average Bonchev–Trinajstić information content (AvgIpc) is 3.31. The molecule has 5 nitrogen and oxygen atoms in total. The number of nitrogens with zero attached hydrogens (tertiary/aromatic N) is 2. The van der Waals surface area contributed by atoms with Gasteiger partial charge in [-0.15, -0.1) is 0 Å². The number of carboxylic acid groups (broad SMARTS) is 1. The van der Waals surface area contributed by atoms with E-state index in [1.807, 2.05) is 6.07 Å². The number of para-hydroxylation sites is 1. The predicted octanol–water partition coefficient (Wildman–Crippen LogP) is 3.17. The molecule has 5 heteroatoms. The van der Waals surface area contributed by atoms with Crippen molar-refractivity contribution in [2.45, 2.75) is 57.2 Å². The largest absolute Gasteiger partial charge is 0.550 e. The van der Waals surface area contributed by atoms with Crippen LogP contribution in [0.2, 0.25) is 0 Å². The van der Waals surface area contributed by atoms with E-state index in [1.165, 1.54) is 45.1 Å². The van der Waals surface area contributed by atoms with E-state index < -0.39 is 5.97 Å². The van der Waals surface area contributed by atoms with E-state index in [0.717, 1.165) is 37.9 Å². The molecule has 0 saturated heterocycles. The van der Waals surface area contributed by atoms with Crippen molar-refractivity contribution in [3.05, 3.63) is 82.1 Å². The molecule has 5 heterocycles. The zero-order chi connectivity index (χ0) is 23.2. The molecule has 5 aliphatic heterocycles. The van der Waals surface area contributed by atoms with Gasteiger partial charge in [0.1, 0.15) is 0 Å². The third-order valence-corrected chi connectivity index (χ3v) is 8.37. The van der Waals surface area contributed by atoms with Gasteiger partial charge in [-0.1, -0.05) is 24.3 Å². The minimum absolute atomic E-state index is 0.0541. The molecule has 0 saturated carbocycles. The highest BCUT2D eigenvalue weighted by molar-refractivity contribution is 6.08. The zero-order valence-electron chi connectivity index (χ0n) is 19.6. The van der Waals surface area contributed by atoms with Gasteiger partial charge in [-0.3, -0.25) is 0 Å². The summed E-state index contributed by atoms with van der Waals surface area (Å²) in [4.78, 5) is 13.7. The Hall–Kier alpha value is -3.18. The van der Waals surface area contributed by atoms with Crippen LogP contribution in [0.1, 0.15) is 43.4 Å². The van der Waals surface area contributed by atoms with Crippen molar-refractivity contribution >= 4 is 23.1 Å². The minimum Gasteiger partial charge on any atom is -0.550 e. The molecule has 2 aromatic rings. The number of rotatable bonds is 2. The molecule has 2 aromatic carbocycles. The molecule has 0 spiro atoms. The van der Waals surface area contributed by atoms with Gasteiger partial charge in [0.2, 0.25) is 5.69 Å². The number of hydrogen-bond donors (Lipinski definition) is 0. The van der Waals surface area contributed by atoms with Crippen LogP contribution in [0, 0.1) is 0 Å². The highest BCUT2D eigenvalue weighted by Crippen LogP contribution is 2.49. The van der Waals surface area contributed by atoms with Crippen LogP contribution in [-0.4, -0.2) is 41.6 Å². The summed E-state index contributed by atoms with van der Waals surface area (Å²) < 4.78 is 9.24. The molecule has 0 aromatic heterocycles. The van der Waals surface area contributed by atoms with Gasteiger partial charge < -0.3 is 19.5 Å². The first-order valence-electron chi connectivity index (χ1n) is 12.4. The summed E-state index contributed by atoms with van der Waals surface area (Å²) in [5.41, 5.74) is 11.0. The molecule has 0 N–H and O–H groups in total. The zero-order valence-corrected chi connectivity index (χ0v) is 19.6. The SMILES string of the molecule is CC1(C)C2=[N+](CCC3OC4CCN5C(=C4C=C23)Cc2ccccc25)c2ccc(CC(=O)[O-])cc21. The third-order valence-electron chi connectivity index (χ3n) is 8.37. The van der Waals surface area contributed by atoms with E-state index in [4.69, 9.17) is 4.74 Å². The minimum atomic E-state index is -1.04. The second kappa shape index (κ2) is 6.92. The summed E-state index contributed by atoms with van der Waals surface area (Å²) in [6.45, 7) is 6.45. The van der Waals surface area contributed by atoms with E-state index in [-0.39, 0.29) is 24.0 Å². The van der Waals surface area contributed by atoms with Crippen LogP contribution in [0.5, 0.6) is 0 Å². The molecule has 0 fully saturated rings. The van der Waals surface area contributed by atoms with Crippen molar-refractivity contribution in [3.8, 4) is 0 Å². The maximum atomic E-state index is 11.2. The summed E-state index contributed by atoms with van der Waals surface area (Å²) in [5, 5.41) is 11.2. The monoisotopic (exact) mass is 452 g/mol. The number of carbonyl (C=O) groups excluding carboxylic acids is 1. The Morgan fingerprint density at radius 3 is 2.88 bits per heavy atom. The smallest absolute Gasteiger partial charge is 0.209 e. The van der Waals surface area contributed by atoms with Crippen LogP contribution in [-0.2, 0) is 27.8 Å². The van der Waals surface area contributed by atoms with Crippen molar-refractivity contribution in [2.24, 2.45) is 0 Å². The van der Waals surface area contributed by atoms with Gasteiger partial charge in [0.05, 0.1) is 17.6 Å². The van der Waals surface area contributed by atoms with E-state index in [1.54, 1.807) is 0 Å². The molecule has 5 aliphatic rings. The maximum absolute atomic E-state index is 11.2. The molecule has 2 unspecified atom stereocenters. The Balaban J connectivity index is 1.35. The Labute approximate surface area is 199 Å². The van der Waals surface area contributed by atoms with Gasteiger partial charge in [0, 0.05) is 65.9 Å². The lowest BCUT2D eigenvalue weighted by Crippen LogP contribution is -2.46.